The number of nitrogens with zero attached hydrogens (tertiary/aromatic N) is 5. The molecule has 1 N–H and O–H groups in total. The maximum Gasteiger partial charge on any atom is 0.141 e. The molecule has 2 aromatic carbocycles. The Morgan fingerprint density at radius 3 is 2.77 bits per heavy atom. The van der Waals surface area contributed by atoms with Gasteiger partial charge in [-0.25, -0.2) is 14.1 Å². The smallest absolute Gasteiger partial charge is 0.141 e. The van der Waals surface area contributed by atoms with Crippen molar-refractivity contribution in [1.29, 1.82) is 0 Å². The van der Waals surface area contributed by atoms with Gasteiger partial charge in [-0.1, -0.05) is 17.3 Å². The van der Waals surface area contributed by atoms with E-state index >= 15 is 0 Å². The van der Waals surface area contributed by atoms with E-state index in [1.807, 2.05) is 30.3 Å². The number of imidazole rings is 1. The fourth-order valence-corrected chi connectivity index (χ4v) is 4.43. The Bertz CT molecular complexity index is 1320. The Kier molecular flexibility index (Phi) is 4.53. The second-order valence-corrected chi connectivity index (χ2v) is 7.65. The zero-order valence-corrected chi connectivity index (χ0v) is 16.6. The van der Waals surface area contributed by atoms with Crippen molar-refractivity contribution in [2.24, 2.45) is 0 Å². The number of aliphatic hydroxyl groups is 1. The molecule has 0 bridgehead atoms. The number of aromatic nitrogens is 5. The number of aliphatic hydroxyl groups excluding tert-OH is 1. The summed E-state index contributed by atoms with van der Waals surface area (Å²) in [6.45, 7) is 0. The molecule has 0 aliphatic rings. The highest BCUT2D eigenvalue weighted by Gasteiger charge is 2.25. The van der Waals surface area contributed by atoms with Crippen LogP contribution in [-0.2, 0) is 0 Å². The Morgan fingerprint density at radius 2 is 2.00 bits per heavy atom. The molecule has 5 aromatic rings. The quantitative estimate of drug-likeness (QED) is 0.466. The lowest BCUT2D eigenvalue weighted by molar-refractivity contribution is 0.210. The van der Waals surface area contributed by atoms with Crippen LogP contribution in [0.25, 0.3) is 21.0 Å². The normalized spacial score (nSPS) is 12.4. The van der Waals surface area contributed by atoms with E-state index in [0.717, 1.165) is 21.1 Å². The van der Waals surface area contributed by atoms with Crippen LogP contribution in [0, 0.1) is 5.82 Å². The van der Waals surface area contributed by atoms with E-state index in [9.17, 15) is 9.50 Å². The van der Waals surface area contributed by atoms with Crippen LogP contribution in [0.5, 0.6) is 5.75 Å². The number of methoxy groups -OCH3 is 1. The molecule has 0 aliphatic carbocycles. The monoisotopic (exact) mass is 421 g/mol. The molecule has 3 aromatic heterocycles. The van der Waals surface area contributed by atoms with Crippen molar-refractivity contribution in [3.63, 3.8) is 0 Å². The molecular weight excluding hydrogens is 405 g/mol. The molecule has 1 atom stereocenters. The lowest BCUT2D eigenvalue weighted by Gasteiger charge is -2.10. The number of ether oxygens (including phenoxy) is 1. The number of hydrogen-bond acceptors (Lipinski definition) is 6. The van der Waals surface area contributed by atoms with Crippen LogP contribution in [0.3, 0.4) is 0 Å². The minimum atomic E-state index is -1.07. The molecule has 3 heterocycles. The maximum atomic E-state index is 13.8. The van der Waals surface area contributed by atoms with Crippen molar-refractivity contribution in [2.75, 3.05) is 7.11 Å². The highest BCUT2D eigenvalue weighted by molar-refractivity contribution is 7.20. The third kappa shape index (κ3) is 3.14. The molecular formula is C21H16FN5O2S. The lowest BCUT2D eigenvalue weighted by atomic mass is 10.1. The number of halogens is 1. The van der Waals surface area contributed by atoms with Crippen molar-refractivity contribution < 1.29 is 14.2 Å². The first-order chi connectivity index (χ1) is 14.6. The summed E-state index contributed by atoms with van der Waals surface area (Å²) in [5, 5.41) is 19.5. The number of hydrogen-bond donors (Lipinski definition) is 1. The summed E-state index contributed by atoms with van der Waals surface area (Å²) in [6.07, 6.45) is 3.93. The van der Waals surface area contributed by atoms with E-state index in [0.29, 0.717) is 17.0 Å². The molecule has 0 radical (unpaired) electrons. The lowest BCUT2D eigenvalue weighted by Crippen LogP contribution is -2.05. The third-order valence-electron chi connectivity index (χ3n) is 4.78. The molecule has 0 spiro atoms. The van der Waals surface area contributed by atoms with Crippen LogP contribution >= 0.6 is 11.3 Å². The zero-order chi connectivity index (χ0) is 20.7. The molecule has 1 unspecified atom stereocenters. The number of fused-ring (bicyclic) bond motifs is 1. The standard InChI is InChI=1S/C21H16FN5O2S/c1-29-16-7-5-15(6-8-16)27-11-17(24-25-27)20(28)19-21(13-3-2-4-14(22)9-13)30-18-10-23-12-26(18)19/h2-12,20,28H,1H3. The fourth-order valence-electron chi connectivity index (χ4n) is 3.30. The highest BCUT2D eigenvalue weighted by atomic mass is 32.1. The summed E-state index contributed by atoms with van der Waals surface area (Å²) >= 11 is 1.43. The second kappa shape index (κ2) is 7.36. The van der Waals surface area contributed by atoms with Gasteiger partial charge in [-0.2, -0.15) is 0 Å². The summed E-state index contributed by atoms with van der Waals surface area (Å²) in [4.78, 5) is 5.74. The van der Waals surface area contributed by atoms with Crippen LogP contribution < -0.4 is 4.74 Å². The molecule has 0 aliphatic heterocycles. The van der Waals surface area contributed by atoms with Gasteiger partial charge in [0.05, 0.1) is 35.8 Å². The minimum Gasteiger partial charge on any atom is -0.497 e. The molecule has 30 heavy (non-hydrogen) atoms. The van der Waals surface area contributed by atoms with Gasteiger partial charge in [0.25, 0.3) is 0 Å². The molecule has 0 amide bonds. The van der Waals surface area contributed by atoms with Crippen LogP contribution in [-0.4, -0.2) is 36.6 Å². The first kappa shape index (κ1) is 18.5. The van der Waals surface area contributed by atoms with Crippen molar-refractivity contribution in [3.05, 3.63) is 84.5 Å². The Balaban J connectivity index is 1.56. The predicted molar refractivity (Wildman–Crippen MR) is 110 cm³/mol. The van der Waals surface area contributed by atoms with Crippen molar-refractivity contribution >= 4 is 16.2 Å². The molecule has 0 saturated heterocycles. The van der Waals surface area contributed by atoms with E-state index in [1.165, 1.54) is 23.5 Å². The van der Waals surface area contributed by atoms with Gasteiger partial charge in [0.2, 0.25) is 0 Å². The molecule has 5 rings (SSSR count). The largest absolute Gasteiger partial charge is 0.497 e. The Morgan fingerprint density at radius 1 is 1.17 bits per heavy atom. The molecule has 7 nitrogen and oxygen atoms in total. The van der Waals surface area contributed by atoms with Gasteiger partial charge in [0, 0.05) is 0 Å². The van der Waals surface area contributed by atoms with E-state index in [-0.39, 0.29) is 5.82 Å². The predicted octanol–water partition coefficient (Wildman–Crippen LogP) is 3.87. The van der Waals surface area contributed by atoms with Gasteiger partial charge in [0.1, 0.15) is 34.5 Å². The van der Waals surface area contributed by atoms with E-state index in [2.05, 4.69) is 15.3 Å². The van der Waals surface area contributed by atoms with E-state index < -0.39 is 6.10 Å². The summed E-state index contributed by atoms with van der Waals surface area (Å²) < 4.78 is 22.4. The van der Waals surface area contributed by atoms with Gasteiger partial charge in [0.15, 0.2) is 0 Å². The van der Waals surface area contributed by atoms with Gasteiger partial charge >= 0.3 is 0 Å². The van der Waals surface area contributed by atoms with E-state index in [1.54, 1.807) is 41.0 Å². The third-order valence-corrected chi connectivity index (χ3v) is 5.94. The summed E-state index contributed by atoms with van der Waals surface area (Å²) in [5.74, 6) is 0.397. The maximum absolute atomic E-state index is 13.8. The summed E-state index contributed by atoms with van der Waals surface area (Å²) in [5.41, 5.74) is 2.40. The zero-order valence-electron chi connectivity index (χ0n) is 15.8. The Labute approximate surface area is 174 Å². The van der Waals surface area contributed by atoms with Gasteiger partial charge in [-0.05, 0) is 42.0 Å². The van der Waals surface area contributed by atoms with Crippen molar-refractivity contribution in [1.82, 2.24) is 24.4 Å². The summed E-state index contributed by atoms with van der Waals surface area (Å²) in [7, 11) is 1.60. The number of rotatable bonds is 5. The first-order valence-corrected chi connectivity index (χ1v) is 9.91. The molecule has 9 heteroatoms. The van der Waals surface area contributed by atoms with Crippen molar-refractivity contribution in [3.8, 4) is 21.9 Å². The van der Waals surface area contributed by atoms with Gasteiger partial charge in [-0.3, -0.25) is 4.40 Å². The van der Waals surface area contributed by atoms with Gasteiger partial charge < -0.3 is 9.84 Å². The Hall–Kier alpha value is -3.56. The average molecular weight is 421 g/mol. The first-order valence-electron chi connectivity index (χ1n) is 9.09. The van der Waals surface area contributed by atoms with Crippen LogP contribution in [0.4, 0.5) is 4.39 Å². The van der Waals surface area contributed by atoms with Gasteiger partial charge in [-0.15, -0.1) is 16.4 Å². The molecule has 0 fully saturated rings. The van der Waals surface area contributed by atoms with Crippen LogP contribution in [0.2, 0.25) is 0 Å². The van der Waals surface area contributed by atoms with Crippen LogP contribution in [0.1, 0.15) is 17.5 Å². The fraction of sp³-hybridized carbons (Fsp3) is 0.0952. The number of benzene rings is 2. The average Bonchev–Trinajstić information content (AvgIpc) is 3.49. The topological polar surface area (TPSA) is 77.5 Å². The minimum absolute atomic E-state index is 0.338. The SMILES string of the molecule is COc1ccc(-n2cc(C(O)c3c(-c4cccc(F)c4)sc4cncn34)nn2)cc1. The molecule has 0 saturated carbocycles. The summed E-state index contributed by atoms with van der Waals surface area (Å²) in [6, 6.07) is 13.6. The van der Waals surface area contributed by atoms with Crippen LogP contribution in [0.15, 0.2) is 67.3 Å². The molecule has 150 valence electrons. The highest BCUT2D eigenvalue weighted by Crippen LogP contribution is 2.38. The van der Waals surface area contributed by atoms with E-state index in [4.69, 9.17) is 4.74 Å². The number of thiazole rings is 1. The van der Waals surface area contributed by atoms with Crippen molar-refractivity contribution in [2.45, 2.75) is 6.10 Å². The second-order valence-electron chi connectivity index (χ2n) is 6.62.